The highest BCUT2D eigenvalue weighted by Gasteiger charge is 2.11. The number of aryl methyl sites for hydroxylation is 1. The maximum Gasteiger partial charge on any atom is 0.413 e. The number of carbonyl (C=O) groups is 1. The molecule has 0 bridgehead atoms. The van der Waals surface area contributed by atoms with Gasteiger partial charge in [-0.15, -0.1) is 0 Å². The minimum Gasteiger partial charge on any atom is -0.452 e. The lowest BCUT2D eigenvalue weighted by molar-refractivity contribution is 0.180. The van der Waals surface area contributed by atoms with E-state index in [1.807, 2.05) is 37.3 Å². The van der Waals surface area contributed by atoms with Crippen molar-refractivity contribution in [3.8, 4) is 0 Å². The van der Waals surface area contributed by atoms with Crippen LogP contribution < -0.4 is 15.5 Å². The van der Waals surface area contributed by atoms with Crippen LogP contribution in [0, 0.1) is 6.92 Å². The number of anilines is 5. The number of hydrogen-bond donors (Lipinski definition) is 3. The maximum atomic E-state index is 11.6. The van der Waals surface area contributed by atoms with Gasteiger partial charge in [0.1, 0.15) is 0 Å². The second-order valence-corrected chi connectivity index (χ2v) is 5.56. The molecule has 0 unspecified atom stereocenters. The average Bonchev–Trinajstić information content (AvgIpc) is 3.05. The maximum absolute atomic E-state index is 11.6. The molecule has 3 rings (SSSR count). The number of nitrogens with one attached hydrogen (secondary N) is 3. The normalized spacial score (nSPS) is 10.3. The van der Waals surface area contributed by atoms with Crippen molar-refractivity contribution in [1.82, 2.24) is 20.2 Å². The molecule has 1 aromatic carbocycles. The molecular formula is C17H19N7O2. The van der Waals surface area contributed by atoms with Crippen LogP contribution in [-0.4, -0.2) is 40.4 Å². The molecule has 3 aromatic rings. The second-order valence-electron chi connectivity index (χ2n) is 5.56. The van der Waals surface area contributed by atoms with Gasteiger partial charge in [-0.05, 0) is 25.1 Å². The molecule has 0 aliphatic heterocycles. The monoisotopic (exact) mass is 353 g/mol. The number of aromatic nitrogens is 4. The molecule has 134 valence electrons. The lowest BCUT2D eigenvalue weighted by Gasteiger charge is -2.16. The number of aromatic amines is 1. The third kappa shape index (κ3) is 4.07. The summed E-state index contributed by atoms with van der Waals surface area (Å²) in [7, 11) is 2.98. The molecule has 0 saturated heterocycles. The number of nitrogens with zero attached hydrogens (tertiary/aromatic N) is 4. The summed E-state index contributed by atoms with van der Waals surface area (Å²) < 4.78 is 4.73. The largest absolute Gasteiger partial charge is 0.452 e. The van der Waals surface area contributed by atoms with Gasteiger partial charge in [-0.3, -0.25) is 15.0 Å². The van der Waals surface area contributed by atoms with E-state index in [2.05, 4.69) is 30.8 Å². The molecule has 1 amide bonds. The molecule has 2 heterocycles. The first-order chi connectivity index (χ1) is 12.5. The number of H-pyrrole nitrogens is 1. The predicted octanol–water partition coefficient (Wildman–Crippen LogP) is 3.20. The molecule has 0 radical (unpaired) electrons. The van der Waals surface area contributed by atoms with E-state index in [-0.39, 0.29) is 0 Å². The highest BCUT2D eigenvalue weighted by atomic mass is 16.5. The first kappa shape index (κ1) is 17.2. The Kier molecular flexibility index (Phi) is 4.97. The van der Waals surface area contributed by atoms with Crippen LogP contribution in [0.4, 0.5) is 33.6 Å². The average molecular weight is 353 g/mol. The van der Waals surface area contributed by atoms with Gasteiger partial charge in [0.15, 0.2) is 17.5 Å². The zero-order valence-electron chi connectivity index (χ0n) is 14.6. The van der Waals surface area contributed by atoms with Gasteiger partial charge in [-0.25, -0.2) is 9.78 Å². The Morgan fingerprint density at radius 1 is 1.15 bits per heavy atom. The van der Waals surface area contributed by atoms with E-state index in [1.165, 1.54) is 12.0 Å². The third-order valence-electron chi connectivity index (χ3n) is 3.55. The topological polar surface area (TPSA) is 108 Å². The lowest BCUT2D eigenvalue weighted by atomic mass is 10.2. The standard InChI is InChI=1S/C17H19N7O2/c1-11-7-14(23-22-11)20-16-10-18-9-15(21-16)19-12-5-4-6-13(8-12)24(2)17(25)26-3/h4-10H,1-3H3,(H3,19,20,21,22,23). The molecule has 0 spiro atoms. The van der Waals surface area contributed by atoms with Gasteiger partial charge in [-0.2, -0.15) is 5.10 Å². The summed E-state index contributed by atoms with van der Waals surface area (Å²) in [6.45, 7) is 1.92. The van der Waals surface area contributed by atoms with E-state index in [0.29, 0.717) is 23.1 Å². The van der Waals surface area contributed by atoms with Crippen molar-refractivity contribution >= 4 is 34.9 Å². The second kappa shape index (κ2) is 7.51. The fourth-order valence-electron chi connectivity index (χ4n) is 2.28. The highest BCUT2D eigenvalue weighted by molar-refractivity contribution is 5.87. The molecule has 0 saturated carbocycles. The quantitative estimate of drug-likeness (QED) is 0.646. The predicted molar refractivity (Wildman–Crippen MR) is 99.2 cm³/mol. The van der Waals surface area contributed by atoms with Crippen molar-refractivity contribution in [3.05, 3.63) is 48.4 Å². The van der Waals surface area contributed by atoms with Crippen molar-refractivity contribution < 1.29 is 9.53 Å². The number of benzene rings is 1. The Balaban J connectivity index is 1.75. The Morgan fingerprint density at radius 2 is 1.92 bits per heavy atom. The Bertz CT molecular complexity index is 909. The van der Waals surface area contributed by atoms with Gasteiger partial charge in [0, 0.05) is 30.2 Å². The molecule has 0 fully saturated rings. The number of rotatable bonds is 5. The fraction of sp³-hybridized carbons (Fsp3) is 0.176. The van der Waals surface area contributed by atoms with E-state index in [1.54, 1.807) is 19.4 Å². The molecule has 2 aromatic heterocycles. The third-order valence-corrected chi connectivity index (χ3v) is 3.55. The van der Waals surface area contributed by atoms with Crippen LogP contribution in [0.25, 0.3) is 0 Å². The van der Waals surface area contributed by atoms with Crippen molar-refractivity contribution in [2.75, 3.05) is 29.7 Å². The van der Waals surface area contributed by atoms with Crippen molar-refractivity contribution in [1.29, 1.82) is 0 Å². The smallest absolute Gasteiger partial charge is 0.413 e. The van der Waals surface area contributed by atoms with Crippen LogP contribution in [0.3, 0.4) is 0 Å². The molecule has 9 heteroatoms. The lowest BCUT2D eigenvalue weighted by Crippen LogP contribution is -2.25. The van der Waals surface area contributed by atoms with Gasteiger partial charge < -0.3 is 15.4 Å². The van der Waals surface area contributed by atoms with Crippen LogP contribution >= 0.6 is 0 Å². The van der Waals surface area contributed by atoms with E-state index >= 15 is 0 Å². The molecule has 0 aliphatic rings. The van der Waals surface area contributed by atoms with Gasteiger partial charge in [-0.1, -0.05) is 6.07 Å². The summed E-state index contributed by atoms with van der Waals surface area (Å²) >= 11 is 0. The fourth-order valence-corrected chi connectivity index (χ4v) is 2.28. The Morgan fingerprint density at radius 3 is 2.62 bits per heavy atom. The molecule has 0 aliphatic carbocycles. The van der Waals surface area contributed by atoms with Gasteiger partial charge in [0.05, 0.1) is 19.5 Å². The van der Waals surface area contributed by atoms with Crippen molar-refractivity contribution in [2.45, 2.75) is 6.92 Å². The van der Waals surface area contributed by atoms with Gasteiger partial charge >= 0.3 is 6.09 Å². The van der Waals surface area contributed by atoms with Crippen LogP contribution in [0.15, 0.2) is 42.7 Å². The van der Waals surface area contributed by atoms with Gasteiger partial charge in [0.25, 0.3) is 0 Å². The first-order valence-electron chi connectivity index (χ1n) is 7.85. The molecule has 9 nitrogen and oxygen atoms in total. The number of hydrogen-bond acceptors (Lipinski definition) is 7. The Labute approximate surface area is 150 Å². The minimum atomic E-state index is -0.442. The van der Waals surface area contributed by atoms with Crippen LogP contribution in [-0.2, 0) is 4.74 Å². The van der Waals surface area contributed by atoms with Gasteiger partial charge in [0.2, 0.25) is 0 Å². The van der Waals surface area contributed by atoms with Crippen LogP contribution in [0.1, 0.15) is 5.69 Å². The number of ether oxygens (including phenoxy) is 1. The van der Waals surface area contributed by atoms with Crippen LogP contribution in [0.2, 0.25) is 0 Å². The van der Waals surface area contributed by atoms with Crippen molar-refractivity contribution in [3.63, 3.8) is 0 Å². The number of amides is 1. The highest BCUT2D eigenvalue weighted by Crippen LogP contribution is 2.22. The zero-order valence-corrected chi connectivity index (χ0v) is 14.6. The summed E-state index contributed by atoms with van der Waals surface area (Å²) in [6.07, 6.45) is 2.77. The first-order valence-corrected chi connectivity index (χ1v) is 7.85. The Hall–Kier alpha value is -3.62. The summed E-state index contributed by atoms with van der Waals surface area (Å²) in [4.78, 5) is 21.7. The van der Waals surface area contributed by atoms with E-state index in [0.717, 1.165) is 11.4 Å². The molecule has 0 atom stereocenters. The molecule has 3 N–H and O–H groups in total. The molecule has 26 heavy (non-hydrogen) atoms. The van der Waals surface area contributed by atoms with Crippen molar-refractivity contribution in [2.24, 2.45) is 0 Å². The molecular weight excluding hydrogens is 334 g/mol. The number of methoxy groups -OCH3 is 1. The number of carbonyl (C=O) groups excluding carboxylic acids is 1. The summed E-state index contributed by atoms with van der Waals surface area (Å²) in [5.41, 5.74) is 2.40. The zero-order chi connectivity index (χ0) is 18.5. The van der Waals surface area contributed by atoms with E-state index in [9.17, 15) is 4.79 Å². The van der Waals surface area contributed by atoms with Crippen LogP contribution in [0.5, 0.6) is 0 Å². The summed E-state index contributed by atoms with van der Waals surface area (Å²) in [6, 6.07) is 9.20. The SMILES string of the molecule is COC(=O)N(C)c1cccc(Nc2cncc(Nc3cc(C)[nH]n3)n2)c1. The van der Waals surface area contributed by atoms with E-state index in [4.69, 9.17) is 4.74 Å². The van der Waals surface area contributed by atoms with E-state index < -0.39 is 6.09 Å². The minimum absolute atomic E-state index is 0.442. The summed E-state index contributed by atoms with van der Waals surface area (Å²) in [5, 5.41) is 13.2. The summed E-state index contributed by atoms with van der Waals surface area (Å²) in [5.74, 6) is 1.78.